The van der Waals surface area contributed by atoms with E-state index in [2.05, 4.69) is 58.2 Å². The summed E-state index contributed by atoms with van der Waals surface area (Å²) in [6.45, 7) is 18.5. The maximum absolute atomic E-state index is 13.2. The van der Waals surface area contributed by atoms with Crippen LogP contribution in [0.5, 0.6) is 5.75 Å². The summed E-state index contributed by atoms with van der Waals surface area (Å²) in [5, 5.41) is 11.1. The lowest BCUT2D eigenvalue weighted by Crippen LogP contribution is -2.22. The summed E-state index contributed by atoms with van der Waals surface area (Å²) in [4.78, 5) is 14.0. The van der Waals surface area contributed by atoms with E-state index in [0.717, 1.165) is 5.56 Å². The van der Waals surface area contributed by atoms with Crippen molar-refractivity contribution in [2.75, 3.05) is 0 Å². The van der Waals surface area contributed by atoms with Crippen molar-refractivity contribution in [2.45, 2.75) is 95.0 Å². The Labute approximate surface area is 198 Å². The van der Waals surface area contributed by atoms with Gasteiger partial charge in [0, 0.05) is 20.9 Å². The van der Waals surface area contributed by atoms with Gasteiger partial charge < -0.3 is 9.84 Å². The predicted molar refractivity (Wildman–Crippen MR) is 134 cm³/mol. The van der Waals surface area contributed by atoms with E-state index in [9.17, 15) is 9.90 Å². The summed E-state index contributed by atoms with van der Waals surface area (Å²) in [5.41, 5.74) is 2.91. The van der Waals surface area contributed by atoms with E-state index in [0.29, 0.717) is 26.5 Å². The van der Waals surface area contributed by atoms with E-state index in [-0.39, 0.29) is 17.8 Å². The highest BCUT2D eigenvalue weighted by Crippen LogP contribution is 2.47. The van der Waals surface area contributed by atoms with Gasteiger partial charge in [0.15, 0.2) is 0 Å². The van der Waals surface area contributed by atoms with E-state index in [4.69, 9.17) is 4.74 Å². The van der Waals surface area contributed by atoms with Gasteiger partial charge in [0.2, 0.25) is 0 Å². The van der Waals surface area contributed by atoms with Crippen LogP contribution in [0.3, 0.4) is 0 Å². The molecule has 0 heterocycles. The molecule has 0 atom stereocenters. The molecule has 0 saturated carbocycles. The monoisotopic (exact) mass is 460 g/mol. The van der Waals surface area contributed by atoms with Gasteiger partial charge in [-0.05, 0) is 27.4 Å². The highest BCUT2D eigenvalue weighted by molar-refractivity contribution is 7.81. The molecule has 0 aliphatic carbocycles. The third-order valence-corrected chi connectivity index (χ3v) is 6.21. The van der Waals surface area contributed by atoms with Gasteiger partial charge in [-0.3, -0.25) is 0 Å². The van der Waals surface area contributed by atoms with Crippen LogP contribution in [0.25, 0.3) is 0 Å². The topological polar surface area (TPSA) is 46.5 Å². The molecule has 2 rings (SSSR count). The number of hydrogen-bond acceptors (Lipinski definition) is 5. The van der Waals surface area contributed by atoms with Crippen molar-refractivity contribution in [3.63, 3.8) is 0 Å². The fraction of sp³-hybridized carbons (Fsp3) is 0.500. The number of aromatic hydroxyl groups is 1. The number of ether oxygens (including phenoxy) is 1. The molecule has 0 fully saturated rings. The zero-order valence-corrected chi connectivity index (χ0v) is 22.0. The van der Waals surface area contributed by atoms with E-state index >= 15 is 0 Å². The molecule has 0 aliphatic rings. The van der Waals surface area contributed by atoms with Gasteiger partial charge in [-0.15, -0.1) is 25.3 Å². The Balaban J connectivity index is 2.46. The van der Waals surface area contributed by atoms with E-state index in [1.807, 2.05) is 53.7 Å². The SMILES string of the molecule is CC(C)(C)c1ccc(COC(=O)c2c(S)c(C(C)(C)C)c(O)c(C(C)(C)C)c2S)cc1. The Kier molecular flexibility index (Phi) is 7.24. The largest absolute Gasteiger partial charge is 0.507 e. The minimum atomic E-state index is -0.495. The normalized spacial score (nSPS) is 12.7. The first-order chi connectivity index (χ1) is 14.0. The Bertz CT molecular complexity index is 929. The summed E-state index contributed by atoms with van der Waals surface area (Å²) in [6, 6.07) is 8.09. The van der Waals surface area contributed by atoms with Gasteiger partial charge in [-0.25, -0.2) is 4.79 Å². The molecule has 1 N–H and O–H groups in total. The van der Waals surface area contributed by atoms with Gasteiger partial charge in [-0.2, -0.15) is 0 Å². The summed E-state index contributed by atoms with van der Waals surface area (Å²) >= 11 is 9.28. The number of carbonyl (C=O) groups excluding carboxylic acids is 1. The second-order valence-corrected chi connectivity index (χ2v) is 12.1. The molecule has 0 aromatic heterocycles. The van der Waals surface area contributed by atoms with Crippen LogP contribution in [-0.2, 0) is 27.6 Å². The summed E-state index contributed by atoms with van der Waals surface area (Å²) < 4.78 is 5.66. The Hall–Kier alpha value is -1.59. The minimum Gasteiger partial charge on any atom is -0.507 e. The molecular formula is C26H36O3S2. The van der Waals surface area contributed by atoms with Gasteiger partial charge in [0.25, 0.3) is 0 Å². The summed E-state index contributed by atoms with van der Waals surface area (Å²) in [6.07, 6.45) is 0. The lowest BCUT2D eigenvalue weighted by Gasteiger charge is -2.31. The van der Waals surface area contributed by atoms with E-state index in [1.54, 1.807) is 0 Å². The van der Waals surface area contributed by atoms with Gasteiger partial charge >= 0.3 is 5.97 Å². The number of carbonyl (C=O) groups is 1. The minimum absolute atomic E-state index is 0.0653. The standard InChI is InChI=1S/C26H36O3S2/c1-24(2,3)16-12-10-15(11-13-16)14-29-23(28)17-21(30)18(25(4,5)6)20(27)19(22(17)31)26(7,8)9/h10-13,27,30-31H,14H2,1-9H3. The number of hydrogen-bond donors (Lipinski definition) is 3. The number of esters is 1. The average Bonchev–Trinajstić information content (AvgIpc) is 2.56. The molecule has 2 aromatic carbocycles. The number of thiol groups is 2. The summed E-state index contributed by atoms with van der Waals surface area (Å²) in [7, 11) is 0. The van der Waals surface area contributed by atoms with Crippen molar-refractivity contribution in [1.82, 2.24) is 0 Å². The lowest BCUT2D eigenvalue weighted by atomic mass is 9.78. The van der Waals surface area contributed by atoms with Crippen molar-refractivity contribution in [3.05, 3.63) is 52.1 Å². The van der Waals surface area contributed by atoms with Gasteiger partial charge in [0.05, 0.1) is 5.56 Å². The highest BCUT2D eigenvalue weighted by Gasteiger charge is 2.34. The van der Waals surface area contributed by atoms with Crippen LogP contribution < -0.4 is 0 Å². The third kappa shape index (κ3) is 5.61. The molecule has 0 spiro atoms. The fourth-order valence-electron chi connectivity index (χ4n) is 3.65. The molecule has 0 bridgehead atoms. The number of benzene rings is 2. The molecule has 0 amide bonds. The highest BCUT2D eigenvalue weighted by atomic mass is 32.1. The van der Waals surface area contributed by atoms with Crippen LogP contribution in [0, 0.1) is 0 Å². The first-order valence-electron chi connectivity index (χ1n) is 10.5. The van der Waals surface area contributed by atoms with Gasteiger partial charge in [-0.1, -0.05) is 86.6 Å². The van der Waals surface area contributed by atoms with Crippen molar-refractivity contribution >= 4 is 31.2 Å². The lowest BCUT2D eigenvalue weighted by molar-refractivity contribution is 0.0463. The zero-order valence-electron chi connectivity index (χ0n) is 20.2. The maximum Gasteiger partial charge on any atom is 0.340 e. The number of rotatable bonds is 3. The smallest absolute Gasteiger partial charge is 0.340 e. The molecule has 0 unspecified atom stereocenters. The van der Waals surface area contributed by atoms with Crippen LogP contribution in [0.2, 0.25) is 0 Å². The van der Waals surface area contributed by atoms with Crippen LogP contribution in [0.15, 0.2) is 34.1 Å². The quantitative estimate of drug-likeness (QED) is 0.335. The van der Waals surface area contributed by atoms with Crippen molar-refractivity contribution in [2.24, 2.45) is 0 Å². The fourth-order valence-corrected chi connectivity index (χ4v) is 5.02. The molecule has 0 radical (unpaired) electrons. The van der Waals surface area contributed by atoms with E-state index in [1.165, 1.54) is 5.56 Å². The molecule has 5 heteroatoms. The first kappa shape index (κ1) is 25.7. The third-order valence-electron chi connectivity index (χ3n) is 5.31. The molecule has 170 valence electrons. The number of phenols is 1. The van der Waals surface area contributed by atoms with Crippen molar-refractivity contribution in [3.8, 4) is 5.75 Å². The predicted octanol–water partition coefficient (Wildman–Crippen LogP) is 7.22. The molecular weight excluding hydrogens is 424 g/mol. The molecule has 31 heavy (non-hydrogen) atoms. The molecule has 0 saturated heterocycles. The Morgan fingerprint density at radius 2 is 1.23 bits per heavy atom. The number of phenolic OH excluding ortho intramolecular Hbond substituents is 1. The first-order valence-corrected chi connectivity index (χ1v) is 11.4. The second kappa shape index (κ2) is 8.74. The van der Waals surface area contributed by atoms with E-state index < -0.39 is 16.8 Å². The Morgan fingerprint density at radius 1 is 0.806 bits per heavy atom. The second-order valence-electron chi connectivity index (χ2n) is 11.2. The van der Waals surface area contributed by atoms with Crippen molar-refractivity contribution < 1.29 is 14.6 Å². The average molecular weight is 461 g/mol. The zero-order chi connectivity index (χ0) is 23.9. The van der Waals surface area contributed by atoms with Gasteiger partial charge in [0.1, 0.15) is 12.4 Å². The molecule has 2 aromatic rings. The van der Waals surface area contributed by atoms with Crippen LogP contribution in [0.4, 0.5) is 0 Å². The van der Waals surface area contributed by atoms with Crippen LogP contribution >= 0.6 is 25.3 Å². The Morgan fingerprint density at radius 3 is 1.58 bits per heavy atom. The van der Waals surface area contributed by atoms with Crippen LogP contribution in [-0.4, -0.2) is 11.1 Å². The molecule has 0 aliphatic heterocycles. The molecule has 3 nitrogen and oxygen atoms in total. The summed E-state index contributed by atoms with van der Waals surface area (Å²) in [5.74, 6) is -0.352. The van der Waals surface area contributed by atoms with Crippen molar-refractivity contribution in [1.29, 1.82) is 0 Å². The van der Waals surface area contributed by atoms with Crippen LogP contribution in [0.1, 0.15) is 94.9 Å². The maximum atomic E-state index is 13.2.